The normalized spacial score (nSPS) is 10.8. The van der Waals surface area contributed by atoms with E-state index < -0.39 is 0 Å². The van der Waals surface area contributed by atoms with Crippen molar-refractivity contribution in [3.63, 3.8) is 0 Å². The summed E-state index contributed by atoms with van der Waals surface area (Å²) in [6.07, 6.45) is 3.12. The molecular weight excluding hydrogens is 286 g/mol. The van der Waals surface area contributed by atoms with Crippen LogP contribution in [0.15, 0.2) is 24.5 Å². The van der Waals surface area contributed by atoms with Crippen LogP contribution in [0.5, 0.6) is 0 Å². The number of nitrogens with one attached hydrogen (secondary N) is 1. The lowest BCUT2D eigenvalue weighted by Gasteiger charge is -2.08. The zero-order chi connectivity index (χ0) is 13.4. The van der Waals surface area contributed by atoms with E-state index in [0.29, 0.717) is 22.2 Å². The Morgan fingerprint density at radius 1 is 1.42 bits per heavy atom. The average Bonchev–Trinajstić information content (AvgIpc) is 3.01. The molecule has 6 nitrogen and oxygen atoms in total. The van der Waals surface area contributed by atoms with Gasteiger partial charge in [-0.1, -0.05) is 11.6 Å². The zero-order valence-corrected chi connectivity index (χ0v) is 11.4. The van der Waals surface area contributed by atoms with Gasteiger partial charge in [0.1, 0.15) is 11.0 Å². The zero-order valence-electron chi connectivity index (χ0n) is 9.79. The van der Waals surface area contributed by atoms with E-state index in [1.54, 1.807) is 18.3 Å². The van der Waals surface area contributed by atoms with Gasteiger partial charge in [-0.15, -0.1) is 0 Å². The van der Waals surface area contributed by atoms with Gasteiger partial charge in [-0.3, -0.25) is 9.36 Å². The minimum atomic E-state index is -0.139. The lowest BCUT2D eigenvalue weighted by molar-refractivity contribution is 0.0939. The van der Waals surface area contributed by atoms with Crippen LogP contribution in [0.4, 0.5) is 11.6 Å². The summed E-state index contributed by atoms with van der Waals surface area (Å²) in [7, 11) is 0. The summed E-state index contributed by atoms with van der Waals surface area (Å²) in [6, 6.07) is 3.53. The fraction of sp³-hybridized carbons (Fsp3) is 0.0909. The third-order valence-corrected chi connectivity index (χ3v) is 3.45. The Hall–Kier alpha value is -1.99. The lowest BCUT2D eigenvalue weighted by Crippen LogP contribution is -2.09. The molecule has 1 aromatic carbocycles. The van der Waals surface area contributed by atoms with Crippen LogP contribution in [0.1, 0.15) is 11.7 Å². The topological polar surface area (TPSA) is 72.7 Å². The maximum Gasteiger partial charge on any atom is 0.230 e. The number of rotatable bonds is 2. The molecule has 3 aromatic rings. The molecule has 0 amide bonds. The first-order valence-corrected chi connectivity index (χ1v) is 6.49. The molecular formula is C11H8ClN5OS. The van der Waals surface area contributed by atoms with Crippen LogP contribution >= 0.6 is 23.3 Å². The third-order valence-electron chi connectivity index (χ3n) is 2.59. The highest BCUT2D eigenvalue weighted by atomic mass is 35.5. The molecule has 0 fully saturated rings. The van der Waals surface area contributed by atoms with Crippen LogP contribution < -0.4 is 5.32 Å². The highest BCUT2D eigenvalue weighted by molar-refractivity contribution is 7.00. The molecule has 0 bridgehead atoms. The highest BCUT2D eigenvalue weighted by Gasteiger charge is 2.13. The number of carbonyl (C=O) groups is 1. The van der Waals surface area contributed by atoms with Gasteiger partial charge in [-0.05, 0) is 12.1 Å². The maximum absolute atomic E-state index is 11.4. The van der Waals surface area contributed by atoms with E-state index in [1.807, 2.05) is 0 Å². The van der Waals surface area contributed by atoms with Crippen molar-refractivity contribution in [2.24, 2.45) is 0 Å². The minimum absolute atomic E-state index is 0.139. The molecule has 0 aliphatic heterocycles. The van der Waals surface area contributed by atoms with E-state index >= 15 is 0 Å². The Labute approximate surface area is 117 Å². The van der Waals surface area contributed by atoms with E-state index in [-0.39, 0.29) is 5.91 Å². The van der Waals surface area contributed by atoms with Crippen molar-refractivity contribution in [3.8, 4) is 0 Å². The van der Waals surface area contributed by atoms with Crippen LogP contribution in [0.25, 0.3) is 11.0 Å². The van der Waals surface area contributed by atoms with Crippen molar-refractivity contribution in [2.75, 3.05) is 5.32 Å². The summed E-state index contributed by atoms with van der Waals surface area (Å²) < 4.78 is 9.74. The molecule has 0 unspecified atom stereocenters. The lowest BCUT2D eigenvalue weighted by atomic mass is 10.2. The Bertz CT molecular complexity index is 765. The fourth-order valence-corrected chi connectivity index (χ4v) is 2.45. The molecule has 0 radical (unpaired) electrons. The maximum atomic E-state index is 11.4. The second-order valence-corrected chi connectivity index (χ2v) is 4.75. The van der Waals surface area contributed by atoms with Crippen molar-refractivity contribution in [1.82, 2.24) is 18.3 Å². The average molecular weight is 294 g/mol. The molecule has 0 aliphatic rings. The molecule has 2 aromatic heterocycles. The molecule has 19 heavy (non-hydrogen) atoms. The minimum Gasteiger partial charge on any atom is -0.322 e. The third kappa shape index (κ3) is 2.06. The number of fused-ring (bicyclic) bond motifs is 1. The number of imidazole rings is 1. The van der Waals surface area contributed by atoms with Crippen LogP contribution in [-0.2, 0) is 0 Å². The second kappa shape index (κ2) is 4.60. The first-order valence-electron chi connectivity index (χ1n) is 5.39. The van der Waals surface area contributed by atoms with E-state index in [2.05, 4.69) is 19.0 Å². The Balaban J connectivity index is 2.10. The van der Waals surface area contributed by atoms with Gasteiger partial charge < -0.3 is 5.32 Å². The number of hydrogen-bond donors (Lipinski definition) is 1. The quantitative estimate of drug-likeness (QED) is 0.786. The van der Waals surface area contributed by atoms with Gasteiger partial charge in [0, 0.05) is 19.3 Å². The number of aromatic nitrogens is 4. The standard InChI is InChI=1S/C11H8ClN5OS/c1-6(18)17-5-4-13-11(17)14-9-7(12)2-3-8-10(9)16-19-15-8/h2-5H,1H3,(H,13,14). The SMILES string of the molecule is CC(=O)n1ccnc1Nc1c(Cl)ccc2nsnc12. The van der Waals surface area contributed by atoms with E-state index in [1.165, 1.54) is 17.7 Å². The molecule has 1 N–H and O–H groups in total. The van der Waals surface area contributed by atoms with E-state index in [4.69, 9.17) is 11.6 Å². The first kappa shape index (κ1) is 12.1. The first-order chi connectivity index (χ1) is 9.16. The van der Waals surface area contributed by atoms with Gasteiger partial charge in [0.25, 0.3) is 0 Å². The van der Waals surface area contributed by atoms with Crippen LogP contribution in [-0.4, -0.2) is 24.2 Å². The summed E-state index contributed by atoms with van der Waals surface area (Å²) in [6.45, 7) is 1.46. The monoisotopic (exact) mass is 293 g/mol. The molecule has 0 spiro atoms. The van der Waals surface area contributed by atoms with Crippen LogP contribution in [0, 0.1) is 0 Å². The second-order valence-electron chi connectivity index (χ2n) is 3.82. The number of nitrogens with zero attached hydrogens (tertiary/aromatic N) is 4. The number of carbonyl (C=O) groups excluding carboxylic acids is 1. The van der Waals surface area contributed by atoms with Gasteiger partial charge >= 0.3 is 0 Å². The van der Waals surface area contributed by atoms with Gasteiger partial charge in [-0.25, -0.2) is 4.98 Å². The molecule has 0 atom stereocenters. The number of anilines is 2. The summed E-state index contributed by atoms with van der Waals surface area (Å²) in [4.78, 5) is 15.5. The number of hydrogen-bond acceptors (Lipinski definition) is 6. The Kier molecular flexibility index (Phi) is 2.92. The molecule has 3 rings (SSSR count). The van der Waals surface area contributed by atoms with Crippen molar-refractivity contribution < 1.29 is 4.79 Å². The molecule has 96 valence electrons. The fourth-order valence-electron chi connectivity index (χ4n) is 1.71. The highest BCUT2D eigenvalue weighted by Crippen LogP contribution is 2.31. The largest absolute Gasteiger partial charge is 0.322 e. The van der Waals surface area contributed by atoms with Crippen LogP contribution in [0.2, 0.25) is 5.02 Å². The Morgan fingerprint density at radius 2 is 2.26 bits per heavy atom. The molecule has 8 heteroatoms. The Morgan fingerprint density at radius 3 is 3.05 bits per heavy atom. The smallest absolute Gasteiger partial charge is 0.230 e. The van der Waals surface area contributed by atoms with E-state index in [0.717, 1.165) is 17.2 Å². The number of benzene rings is 1. The van der Waals surface area contributed by atoms with Crippen LogP contribution in [0.3, 0.4) is 0 Å². The summed E-state index contributed by atoms with van der Waals surface area (Å²) in [5.41, 5.74) is 2.01. The van der Waals surface area contributed by atoms with E-state index in [9.17, 15) is 4.79 Å². The summed E-state index contributed by atoms with van der Waals surface area (Å²) in [5, 5.41) is 3.53. The molecule has 0 saturated carbocycles. The van der Waals surface area contributed by atoms with Gasteiger partial charge in [-0.2, -0.15) is 8.75 Å². The predicted octanol–water partition coefficient (Wildman–Crippen LogP) is 2.94. The molecule has 0 saturated heterocycles. The number of halogens is 1. The summed E-state index contributed by atoms with van der Waals surface area (Å²) in [5.74, 6) is 0.259. The van der Waals surface area contributed by atoms with Crippen molar-refractivity contribution >= 4 is 51.9 Å². The van der Waals surface area contributed by atoms with Crippen molar-refractivity contribution in [2.45, 2.75) is 6.92 Å². The molecule has 0 aliphatic carbocycles. The summed E-state index contributed by atoms with van der Waals surface area (Å²) >= 11 is 7.27. The van der Waals surface area contributed by atoms with Gasteiger partial charge in [0.05, 0.1) is 22.4 Å². The van der Waals surface area contributed by atoms with Crippen molar-refractivity contribution in [1.29, 1.82) is 0 Å². The molecule has 2 heterocycles. The predicted molar refractivity (Wildman–Crippen MR) is 74.2 cm³/mol. The van der Waals surface area contributed by atoms with Gasteiger partial charge in [0.2, 0.25) is 11.9 Å². The van der Waals surface area contributed by atoms with Gasteiger partial charge in [0.15, 0.2) is 0 Å². The van der Waals surface area contributed by atoms with Crippen molar-refractivity contribution in [3.05, 3.63) is 29.5 Å².